The van der Waals surface area contributed by atoms with Gasteiger partial charge >= 0.3 is 0 Å². The molecule has 2 atom stereocenters. The third-order valence-corrected chi connectivity index (χ3v) is 6.63. The van der Waals surface area contributed by atoms with E-state index in [2.05, 4.69) is 53.2 Å². The Morgan fingerprint density at radius 2 is 1.57 bits per heavy atom. The van der Waals surface area contributed by atoms with E-state index in [-0.39, 0.29) is 0 Å². The zero-order valence-electron chi connectivity index (χ0n) is 11.7. The fraction of sp³-hybridized carbons (Fsp3) is 0.294. The molecule has 0 N–H and O–H groups in total. The highest BCUT2D eigenvalue weighted by molar-refractivity contribution is 7.78. The number of nitrogens with zero attached hydrogens (tertiary/aromatic N) is 1. The van der Waals surface area contributed by atoms with Crippen LogP contribution in [0.1, 0.15) is 24.0 Å². The summed E-state index contributed by atoms with van der Waals surface area (Å²) in [4.78, 5) is 0. The molecular formula is C17H17ClNOP. The van der Waals surface area contributed by atoms with Gasteiger partial charge in [-0.15, -0.1) is 0 Å². The first kappa shape index (κ1) is 13.7. The maximum absolute atomic E-state index is 6.57. The Hall–Kier alpha value is -0.920. The van der Waals surface area contributed by atoms with Crippen molar-refractivity contribution in [2.75, 3.05) is 6.54 Å². The molecule has 0 bridgehead atoms. The van der Waals surface area contributed by atoms with Gasteiger partial charge in [0.05, 0.1) is 6.04 Å². The molecule has 2 aromatic rings. The number of hydrogen-bond donors (Lipinski definition) is 0. The van der Waals surface area contributed by atoms with Crippen molar-refractivity contribution in [2.45, 2.75) is 24.5 Å². The Morgan fingerprint density at radius 1 is 1.00 bits per heavy atom. The summed E-state index contributed by atoms with van der Waals surface area (Å²) in [6, 6.07) is 21.4. The summed E-state index contributed by atoms with van der Waals surface area (Å²) in [6.07, 6.45) is 2.33. The predicted molar refractivity (Wildman–Crippen MR) is 87.3 cm³/mol. The minimum absolute atomic E-state index is 0.339. The SMILES string of the molecule is ClP1OC(c2ccccc2)(c2ccccc2)[C@@H]2CCCN21. The molecule has 2 fully saturated rings. The summed E-state index contributed by atoms with van der Waals surface area (Å²) in [5, 5.41) is 0. The average molecular weight is 318 g/mol. The van der Waals surface area contributed by atoms with Gasteiger partial charge < -0.3 is 4.52 Å². The molecular weight excluding hydrogens is 301 g/mol. The minimum atomic E-state index is -1.03. The van der Waals surface area contributed by atoms with E-state index in [4.69, 9.17) is 15.8 Å². The van der Waals surface area contributed by atoms with Crippen molar-refractivity contribution in [2.24, 2.45) is 0 Å². The van der Waals surface area contributed by atoms with Gasteiger partial charge in [-0.1, -0.05) is 60.7 Å². The molecule has 0 amide bonds. The minimum Gasteiger partial charge on any atom is -0.313 e. The van der Waals surface area contributed by atoms with E-state index < -0.39 is 13.3 Å². The van der Waals surface area contributed by atoms with E-state index in [9.17, 15) is 0 Å². The molecule has 2 aromatic carbocycles. The van der Waals surface area contributed by atoms with Crippen LogP contribution in [0.5, 0.6) is 0 Å². The fourth-order valence-electron chi connectivity index (χ4n) is 3.61. The van der Waals surface area contributed by atoms with Crippen molar-refractivity contribution in [3.8, 4) is 0 Å². The molecule has 21 heavy (non-hydrogen) atoms. The highest BCUT2D eigenvalue weighted by Crippen LogP contribution is 2.66. The molecule has 4 heteroatoms. The molecule has 2 heterocycles. The third kappa shape index (κ3) is 2.05. The molecule has 2 aliphatic heterocycles. The van der Waals surface area contributed by atoms with Crippen molar-refractivity contribution in [3.63, 3.8) is 0 Å². The molecule has 1 unspecified atom stereocenters. The number of hydrogen-bond acceptors (Lipinski definition) is 2. The van der Waals surface area contributed by atoms with Crippen LogP contribution in [0, 0.1) is 0 Å². The van der Waals surface area contributed by atoms with E-state index in [1.807, 2.05) is 12.1 Å². The van der Waals surface area contributed by atoms with Gasteiger partial charge in [-0.05, 0) is 35.2 Å². The summed E-state index contributed by atoms with van der Waals surface area (Å²) in [5.74, 6) is 0. The smallest absolute Gasteiger partial charge is 0.208 e. The molecule has 0 aromatic heterocycles. The molecule has 0 spiro atoms. The van der Waals surface area contributed by atoms with Crippen LogP contribution in [0.15, 0.2) is 60.7 Å². The van der Waals surface area contributed by atoms with Crippen molar-refractivity contribution in [1.29, 1.82) is 0 Å². The largest absolute Gasteiger partial charge is 0.313 e. The monoisotopic (exact) mass is 317 g/mol. The van der Waals surface area contributed by atoms with Crippen LogP contribution in [0.4, 0.5) is 0 Å². The van der Waals surface area contributed by atoms with Gasteiger partial charge in [0.1, 0.15) is 5.60 Å². The summed E-state index contributed by atoms with van der Waals surface area (Å²) in [5.41, 5.74) is 1.99. The summed E-state index contributed by atoms with van der Waals surface area (Å²) >= 11 is 6.57. The second-order valence-electron chi connectivity index (χ2n) is 5.61. The number of halogens is 1. The lowest BCUT2D eigenvalue weighted by Gasteiger charge is -2.34. The van der Waals surface area contributed by atoms with Gasteiger partial charge in [-0.25, -0.2) is 4.67 Å². The molecule has 0 saturated carbocycles. The maximum Gasteiger partial charge on any atom is 0.208 e. The zero-order chi connectivity index (χ0) is 14.3. The average Bonchev–Trinajstić information content (AvgIpc) is 3.13. The fourth-order valence-corrected chi connectivity index (χ4v) is 5.95. The Labute approximate surface area is 131 Å². The van der Waals surface area contributed by atoms with Crippen LogP contribution in [-0.2, 0) is 10.1 Å². The summed E-state index contributed by atoms with van der Waals surface area (Å²) in [7, 11) is -1.03. The lowest BCUT2D eigenvalue weighted by atomic mass is 9.79. The van der Waals surface area contributed by atoms with Crippen molar-refractivity contribution >= 4 is 18.9 Å². The standard InChI is InChI=1S/C17H17ClNOP/c18-21-19-13-7-12-16(19)17(20-21,14-8-3-1-4-9-14)15-10-5-2-6-11-15/h1-6,8-11,16H,7,12-13H2/t16-,21?/m0/s1. The predicted octanol–water partition coefficient (Wildman–Crippen LogP) is 4.89. The van der Waals surface area contributed by atoms with E-state index in [0.29, 0.717) is 6.04 Å². The lowest BCUT2D eigenvalue weighted by Crippen LogP contribution is -2.40. The zero-order valence-corrected chi connectivity index (χ0v) is 13.3. The molecule has 2 aliphatic rings. The highest BCUT2D eigenvalue weighted by atomic mass is 35.7. The van der Waals surface area contributed by atoms with Gasteiger partial charge in [-0.2, -0.15) is 0 Å². The summed E-state index contributed by atoms with van der Waals surface area (Å²) < 4.78 is 8.80. The first-order valence-electron chi connectivity index (χ1n) is 7.35. The summed E-state index contributed by atoms with van der Waals surface area (Å²) in [6.45, 7) is 1.04. The van der Waals surface area contributed by atoms with Crippen LogP contribution in [0.25, 0.3) is 0 Å². The van der Waals surface area contributed by atoms with Crippen molar-refractivity contribution in [1.82, 2.24) is 4.67 Å². The van der Waals surface area contributed by atoms with Gasteiger partial charge in [0.2, 0.25) is 7.65 Å². The quantitative estimate of drug-likeness (QED) is 0.731. The van der Waals surface area contributed by atoms with E-state index in [1.54, 1.807) is 0 Å². The second-order valence-corrected chi connectivity index (χ2v) is 7.62. The molecule has 0 radical (unpaired) electrons. The Balaban J connectivity index is 1.92. The maximum atomic E-state index is 6.57. The first-order chi connectivity index (χ1) is 10.3. The topological polar surface area (TPSA) is 12.5 Å². The van der Waals surface area contributed by atoms with E-state index in [0.717, 1.165) is 13.0 Å². The van der Waals surface area contributed by atoms with Crippen LogP contribution in [-0.4, -0.2) is 17.3 Å². The van der Waals surface area contributed by atoms with Crippen molar-refractivity contribution in [3.05, 3.63) is 71.8 Å². The number of fused-ring (bicyclic) bond motifs is 1. The normalized spacial score (nSPS) is 27.7. The van der Waals surface area contributed by atoms with Crippen LogP contribution in [0.2, 0.25) is 0 Å². The second kappa shape index (κ2) is 5.37. The molecule has 108 valence electrons. The molecule has 0 aliphatic carbocycles. The van der Waals surface area contributed by atoms with E-state index in [1.165, 1.54) is 17.5 Å². The number of rotatable bonds is 2. The molecule has 2 nitrogen and oxygen atoms in total. The number of benzene rings is 2. The Morgan fingerprint density at radius 3 is 2.14 bits per heavy atom. The first-order valence-corrected chi connectivity index (χ1v) is 9.47. The Kier molecular flexibility index (Phi) is 3.51. The van der Waals surface area contributed by atoms with Gasteiger partial charge in [0.15, 0.2) is 0 Å². The lowest BCUT2D eigenvalue weighted by molar-refractivity contribution is 0.114. The van der Waals surface area contributed by atoms with Gasteiger partial charge in [0, 0.05) is 6.54 Å². The van der Waals surface area contributed by atoms with E-state index >= 15 is 0 Å². The van der Waals surface area contributed by atoms with Crippen LogP contribution < -0.4 is 0 Å². The van der Waals surface area contributed by atoms with Crippen LogP contribution in [0.3, 0.4) is 0 Å². The van der Waals surface area contributed by atoms with Gasteiger partial charge in [-0.3, -0.25) is 0 Å². The van der Waals surface area contributed by atoms with Gasteiger partial charge in [0.25, 0.3) is 0 Å². The Bertz CT molecular complexity index is 582. The van der Waals surface area contributed by atoms with Crippen molar-refractivity contribution < 1.29 is 4.52 Å². The molecule has 2 saturated heterocycles. The third-order valence-electron chi connectivity index (χ3n) is 4.52. The molecule has 4 rings (SSSR count). The van der Waals surface area contributed by atoms with Crippen LogP contribution >= 0.6 is 18.9 Å². The highest BCUT2D eigenvalue weighted by Gasteiger charge is 2.57.